The smallest absolute Gasteiger partial charge is 0.337 e. The molecule has 4 nitrogen and oxygen atoms in total. The second-order valence-electron chi connectivity index (χ2n) is 5.21. The van der Waals surface area contributed by atoms with Gasteiger partial charge in [-0.2, -0.15) is 0 Å². The number of nitrogens with zero attached hydrogens (tertiary/aromatic N) is 1. The van der Waals surface area contributed by atoms with Gasteiger partial charge in [0.1, 0.15) is 6.10 Å². The number of benzene rings is 2. The van der Waals surface area contributed by atoms with Crippen molar-refractivity contribution in [2.75, 3.05) is 13.7 Å². The molecule has 0 amide bonds. The van der Waals surface area contributed by atoms with Gasteiger partial charge in [0.15, 0.2) is 0 Å². The highest BCUT2D eigenvalue weighted by molar-refractivity contribution is 5.97. The van der Waals surface area contributed by atoms with Gasteiger partial charge < -0.3 is 9.47 Å². The predicted molar refractivity (Wildman–Crippen MR) is 89.5 cm³/mol. The van der Waals surface area contributed by atoms with Crippen molar-refractivity contribution < 1.29 is 14.3 Å². The van der Waals surface area contributed by atoms with E-state index < -0.39 is 0 Å². The lowest BCUT2D eigenvalue weighted by Gasteiger charge is -2.14. The van der Waals surface area contributed by atoms with Gasteiger partial charge in [0.2, 0.25) is 5.90 Å². The summed E-state index contributed by atoms with van der Waals surface area (Å²) in [5, 5.41) is 0. The molecule has 0 fully saturated rings. The first-order valence-corrected chi connectivity index (χ1v) is 7.33. The van der Waals surface area contributed by atoms with Gasteiger partial charge in [0.05, 0.1) is 19.2 Å². The third-order valence-corrected chi connectivity index (χ3v) is 3.74. The minimum absolute atomic E-state index is 0.160. The van der Waals surface area contributed by atoms with E-state index in [2.05, 4.69) is 16.3 Å². The van der Waals surface area contributed by atoms with Gasteiger partial charge >= 0.3 is 5.97 Å². The molecule has 0 radical (unpaired) electrons. The van der Waals surface area contributed by atoms with Crippen LogP contribution >= 0.6 is 0 Å². The second kappa shape index (κ2) is 6.48. The van der Waals surface area contributed by atoms with Crippen LogP contribution < -0.4 is 0 Å². The van der Waals surface area contributed by atoms with E-state index in [0.29, 0.717) is 18.0 Å². The largest absolute Gasteiger partial charge is 0.467 e. The third-order valence-electron chi connectivity index (χ3n) is 3.74. The molecule has 0 aromatic heterocycles. The highest BCUT2D eigenvalue weighted by atomic mass is 16.5. The molecule has 2 aromatic carbocycles. The Balaban J connectivity index is 1.70. The maximum Gasteiger partial charge on any atom is 0.337 e. The molecule has 1 aliphatic rings. The van der Waals surface area contributed by atoms with Crippen LogP contribution in [-0.2, 0) is 9.47 Å². The highest BCUT2D eigenvalue weighted by Crippen LogP contribution is 2.24. The normalized spacial score (nSPS) is 16.4. The predicted octanol–water partition coefficient (Wildman–Crippen LogP) is 3.33. The monoisotopic (exact) mass is 307 g/mol. The van der Waals surface area contributed by atoms with Gasteiger partial charge in [0.25, 0.3) is 0 Å². The number of hydrogen-bond donors (Lipinski definition) is 0. The average molecular weight is 307 g/mol. The first kappa shape index (κ1) is 15.0. The Labute approximate surface area is 135 Å². The Kier molecular flexibility index (Phi) is 4.24. The van der Waals surface area contributed by atoms with Crippen molar-refractivity contribution in [3.63, 3.8) is 0 Å². The summed E-state index contributed by atoms with van der Waals surface area (Å²) in [4.78, 5) is 15.9. The molecule has 0 bridgehead atoms. The number of ether oxygens (including phenoxy) is 2. The summed E-state index contributed by atoms with van der Waals surface area (Å²) >= 11 is 0. The zero-order valence-corrected chi connectivity index (χ0v) is 12.9. The molecule has 23 heavy (non-hydrogen) atoms. The SMILES string of the molecule is C=C(c1ccccc1)C1CN=C(c2ccc(C(=O)OC)cc2)O1. The molecule has 0 N–H and O–H groups in total. The summed E-state index contributed by atoms with van der Waals surface area (Å²) in [6.45, 7) is 4.67. The van der Waals surface area contributed by atoms with Crippen molar-refractivity contribution in [1.29, 1.82) is 0 Å². The lowest BCUT2D eigenvalue weighted by Crippen LogP contribution is -2.15. The number of carbonyl (C=O) groups excluding carboxylic acids is 1. The van der Waals surface area contributed by atoms with E-state index >= 15 is 0 Å². The maximum atomic E-state index is 11.4. The molecule has 4 heteroatoms. The van der Waals surface area contributed by atoms with Gasteiger partial charge in [-0.15, -0.1) is 0 Å². The minimum atomic E-state index is -0.360. The van der Waals surface area contributed by atoms with E-state index in [1.165, 1.54) is 7.11 Å². The van der Waals surface area contributed by atoms with Crippen molar-refractivity contribution >= 4 is 17.4 Å². The number of hydrogen-bond acceptors (Lipinski definition) is 4. The van der Waals surface area contributed by atoms with Crippen molar-refractivity contribution in [1.82, 2.24) is 0 Å². The first-order valence-electron chi connectivity index (χ1n) is 7.33. The number of rotatable bonds is 4. The summed E-state index contributed by atoms with van der Waals surface area (Å²) in [6.07, 6.45) is -0.160. The quantitative estimate of drug-likeness (QED) is 0.814. The zero-order chi connectivity index (χ0) is 16.2. The molecular weight excluding hydrogens is 290 g/mol. The fourth-order valence-electron chi connectivity index (χ4n) is 2.42. The van der Waals surface area contributed by atoms with Crippen LogP contribution in [0, 0.1) is 0 Å². The summed E-state index contributed by atoms with van der Waals surface area (Å²) in [7, 11) is 1.36. The van der Waals surface area contributed by atoms with Crippen LogP contribution in [0.1, 0.15) is 21.5 Å². The third kappa shape index (κ3) is 3.16. The Morgan fingerprint density at radius 3 is 2.48 bits per heavy atom. The van der Waals surface area contributed by atoms with Crippen molar-refractivity contribution in [2.45, 2.75) is 6.10 Å². The van der Waals surface area contributed by atoms with E-state index in [1.807, 2.05) is 30.3 Å². The van der Waals surface area contributed by atoms with Crippen LogP contribution in [0.5, 0.6) is 0 Å². The second-order valence-corrected chi connectivity index (χ2v) is 5.21. The zero-order valence-electron chi connectivity index (χ0n) is 12.9. The fraction of sp³-hybridized carbons (Fsp3) is 0.158. The molecule has 116 valence electrons. The summed E-state index contributed by atoms with van der Waals surface area (Å²) in [5.41, 5.74) is 3.30. The van der Waals surface area contributed by atoms with Gasteiger partial charge in [-0.25, -0.2) is 9.79 Å². The number of esters is 1. The van der Waals surface area contributed by atoms with E-state index in [9.17, 15) is 4.79 Å². The fourth-order valence-corrected chi connectivity index (χ4v) is 2.42. The molecule has 0 spiro atoms. The number of methoxy groups -OCH3 is 1. The highest BCUT2D eigenvalue weighted by Gasteiger charge is 2.24. The molecule has 0 aliphatic carbocycles. The van der Waals surface area contributed by atoms with Crippen LogP contribution in [0.3, 0.4) is 0 Å². The van der Waals surface area contributed by atoms with Crippen molar-refractivity contribution in [3.05, 3.63) is 77.9 Å². The molecule has 0 saturated heterocycles. The van der Waals surface area contributed by atoms with Crippen LogP contribution in [0.2, 0.25) is 0 Å². The molecule has 1 heterocycles. The Morgan fingerprint density at radius 2 is 1.83 bits per heavy atom. The topological polar surface area (TPSA) is 47.9 Å². The van der Waals surface area contributed by atoms with Crippen LogP contribution in [0.25, 0.3) is 5.57 Å². The lowest BCUT2D eigenvalue weighted by molar-refractivity contribution is 0.0600. The molecule has 1 aliphatic heterocycles. The van der Waals surface area contributed by atoms with E-state index in [1.54, 1.807) is 24.3 Å². The summed E-state index contributed by atoms with van der Waals surface area (Å²) in [6, 6.07) is 16.9. The first-order chi connectivity index (χ1) is 11.2. The summed E-state index contributed by atoms with van der Waals surface area (Å²) < 4.78 is 10.6. The van der Waals surface area contributed by atoms with E-state index in [4.69, 9.17) is 4.74 Å². The van der Waals surface area contributed by atoms with Crippen molar-refractivity contribution in [3.8, 4) is 0 Å². The van der Waals surface area contributed by atoms with E-state index in [0.717, 1.165) is 16.7 Å². The molecule has 1 unspecified atom stereocenters. The molecular formula is C19H17NO3. The van der Waals surface area contributed by atoms with Crippen LogP contribution in [-0.4, -0.2) is 31.6 Å². The van der Waals surface area contributed by atoms with E-state index in [-0.39, 0.29) is 12.1 Å². The maximum absolute atomic E-state index is 11.4. The van der Waals surface area contributed by atoms with Crippen molar-refractivity contribution in [2.24, 2.45) is 4.99 Å². The molecule has 3 rings (SSSR count). The Morgan fingerprint density at radius 1 is 1.13 bits per heavy atom. The van der Waals surface area contributed by atoms with Crippen LogP contribution in [0.15, 0.2) is 66.2 Å². The minimum Gasteiger partial charge on any atom is -0.467 e. The van der Waals surface area contributed by atoms with Gasteiger partial charge in [-0.1, -0.05) is 36.9 Å². The molecule has 2 aromatic rings. The Bertz CT molecular complexity index is 748. The molecule has 0 saturated carbocycles. The Hall–Kier alpha value is -2.88. The van der Waals surface area contributed by atoms with Gasteiger partial charge in [-0.05, 0) is 35.4 Å². The standard InChI is InChI=1S/C19H17NO3/c1-13(14-6-4-3-5-7-14)17-12-20-18(23-17)15-8-10-16(11-9-15)19(21)22-2/h3-11,17H,1,12H2,2H3. The number of carbonyl (C=O) groups is 1. The van der Waals surface area contributed by atoms with Crippen LogP contribution in [0.4, 0.5) is 0 Å². The van der Waals surface area contributed by atoms with Gasteiger partial charge in [-0.3, -0.25) is 0 Å². The summed E-state index contributed by atoms with van der Waals surface area (Å²) in [5.74, 6) is 0.213. The average Bonchev–Trinajstić information content (AvgIpc) is 3.11. The molecule has 1 atom stereocenters. The lowest BCUT2D eigenvalue weighted by atomic mass is 10.0. The van der Waals surface area contributed by atoms with Gasteiger partial charge in [0, 0.05) is 5.56 Å². The number of aliphatic imine (C=N–C) groups is 1.